The summed E-state index contributed by atoms with van der Waals surface area (Å²) in [5, 5.41) is 11.5. The number of aromatic nitrogens is 2. The predicted octanol–water partition coefficient (Wildman–Crippen LogP) is 2.17. The molecule has 5 nitrogen and oxygen atoms in total. The maximum atomic E-state index is 11.9. The van der Waals surface area contributed by atoms with Crippen LogP contribution in [0.25, 0.3) is 0 Å². The van der Waals surface area contributed by atoms with E-state index < -0.39 is 0 Å². The van der Waals surface area contributed by atoms with Crippen molar-refractivity contribution in [3.8, 4) is 0 Å². The van der Waals surface area contributed by atoms with Crippen LogP contribution >= 0.6 is 11.6 Å². The third-order valence-electron chi connectivity index (χ3n) is 3.56. The smallest absolute Gasteiger partial charge is 0.224 e. The standard InChI is InChI=1S/C13H19ClN4O/c1-9-10(2)13(17-16-12(9)14)15-6-5-11(19)18-7-3-4-8-18/h3-8H2,1-2H3,(H,15,17). The summed E-state index contributed by atoms with van der Waals surface area (Å²) in [7, 11) is 0. The van der Waals surface area contributed by atoms with Crippen LogP contribution in [-0.4, -0.2) is 40.6 Å². The molecule has 19 heavy (non-hydrogen) atoms. The number of nitrogens with zero attached hydrogens (tertiary/aromatic N) is 3. The van der Waals surface area contributed by atoms with Crippen molar-refractivity contribution in [1.29, 1.82) is 0 Å². The van der Waals surface area contributed by atoms with E-state index in [0.717, 1.165) is 37.1 Å². The minimum atomic E-state index is 0.210. The molecule has 1 aromatic heterocycles. The van der Waals surface area contributed by atoms with Crippen molar-refractivity contribution < 1.29 is 4.79 Å². The number of carbonyl (C=O) groups excluding carboxylic acids is 1. The highest BCUT2D eigenvalue weighted by Gasteiger charge is 2.17. The van der Waals surface area contributed by atoms with Gasteiger partial charge in [-0.05, 0) is 37.8 Å². The second-order valence-corrected chi connectivity index (χ2v) is 5.21. The Morgan fingerprint density at radius 3 is 2.63 bits per heavy atom. The highest BCUT2D eigenvalue weighted by Crippen LogP contribution is 2.20. The van der Waals surface area contributed by atoms with E-state index in [1.165, 1.54) is 0 Å². The van der Waals surface area contributed by atoms with E-state index in [1.54, 1.807) is 0 Å². The molecule has 104 valence electrons. The first-order valence-electron chi connectivity index (χ1n) is 6.60. The van der Waals surface area contributed by atoms with Crippen molar-refractivity contribution in [1.82, 2.24) is 15.1 Å². The van der Waals surface area contributed by atoms with Crippen molar-refractivity contribution in [2.24, 2.45) is 0 Å². The second-order valence-electron chi connectivity index (χ2n) is 4.85. The largest absolute Gasteiger partial charge is 0.368 e. The van der Waals surface area contributed by atoms with E-state index in [1.807, 2.05) is 18.7 Å². The third-order valence-corrected chi connectivity index (χ3v) is 3.91. The van der Waals surface area contributed by atoms with E-state index in [0.29, 0.717) is 23.9 Å². The molecule has 1 aromatic rings. The Balaban J connectivity index is 1.85. The van der Waals surface area contributed by atoms with Crippen molar-refractivity contribution in [3.63, 3.8) is 0 Å². The summed E-state index contributed by atoms with van der Waals surface area (Å²) in [4.78, 5) is 13.8. The van der Waals surface area contributed by atoms with Crippen LogP contribution in [0.2, 0.25) is 5.15 Å². The molecule has 0 aromatic carbocycles. The van der Waals surface area contributed by atoms with Gasteiger partial charge < -0.3 is 10.2 Å². The number of likely N-dealkylation sites (tertiary alicyclic amines) is 1. The van der Waals surface area contributed by atoms with Gasteiger partial charge in [-0.3, -0.25) is 4.79 Å². The summed E-state index contributed by atoms with van der Waals surface area (Å²) < 4.78 is 0. The topological polar surface area (TPSA) is 58.1 Å². The van der Waals surface area contributed by atoms with Gasteiger partial charge in [0, 0.05) is 26.1 Å². The zero-order chi connectivity index (χ0) is 13.8. The van der Waals surface area contributed by atoms with Gasteiger partial charge in [-0.2, -0.15) is 0 Å². The minimum Gasteiger partial charge on any atom is -0.368 e. The van der Waals surface area contributed by atoms with Gasteiger partial charge in [-0.1, -0.05) is 11.6 Å². The highest BCUT2D eigenvalue weighted by molar-refractivity contribution is 6.30. The Hall–Kier alpha value is -1.36. The van der Waals surface area contributed by atoms with Gasteiger partial charge in [0.05, 0.1) is 0 Å². The van der Waals surface area contributed by atoms with E-state index in [-0.39, 0.29) is 5.91 Å². The highest BCUT2D eigenvalue weighted by atomic mass is 35.5. The van der Waals surface area contributed by atoms with Crippen LogP contribution < -0.4 is 5.32 Å². The molecule has 0 spiro atoms. The molecule has 0 bridgehead atoms. The lowest BCUT2D eigenvalue weighted by molar-refractivity contribution is -0.129. The molecule has 1 saturated heterocycles. The van der Waals surface area contributed by atoms with E-state index in [4.69, 9.17) is 11.6 Å². The fraction of sp³-hybridized carbons (Fsp3) is 0.615. The van der Waals surface area contributed by atoms with E-state index in [2.05, 4.69) is 15.5 Å². The minimum absolute atomic E-state index is 0.210. The molecule has 1 amide bonds. The van der Waals surface area contributed by atoms with Crippen LogP contribution in [0.4, 0.5) is 5.82 Å². The Morgan fingerprint density at radius 2 is 1.95 bits per heavy atom. The molecule has 0 radical (unpaired) electrons. The van der Waals surface area contributed by atoms with Crippen LogP contribution in [-0.2, 0) is 4.79 Å². The first-order chi connectivity index (χ1) is 9.09. The van der Waals surface area contributed by atoms with Gasteiger partial charge >= 0.3 is 0 Å². The Morgan fingerprint density at radius 1 is 1.26 bits per heavy atom. The van der Waals surface area contributed by atoms with Gasteiger partial charge in [0.2, 0.25) is 5.91 Å². The summed E-state index contributed by atoms with van der Waals surface area (Å²) in [6, 6.07) is 0. The number of amides is 1. The molecule has 0 saturated carbocycles. The van der Waals surface area contributed by atoms with Crippen LogP contribution in [0.5, 0.6) is 0 Å². The molecule has 1 fully saturated rings. The second kappa shape index (κ2) is 6.19. The maximum Gasteiger partial charge on any atom is 0.224 e. The number of hydrogen-bond donors (Lipinski definition) is 1. The molecule has 6 heteroatoms. The maximum absolute atomic E-state index is 11.9. The fourth-order valence-corrected chi connectivity index (χ4v) is 2.34. The molecule has 1 N–H and O–H groups in total. The van der Waals surface area contributed by atoms with E-state index in [9.17, 15) is 4.79 Å². The first-order valence-corrected chi connectivity index (χ1v) is 6.98. The van der Waals surface area contributed by atoms with Gasteiger partial charge in [0.1, 0.15) is 0 Å². The lowest BCUT2D eigenvalue weighted by Gasteiger charge is -2.15. The fourth-order valence-electron chi connectivity index (χ4n) is 2.16. The zero-order valence-electron chi connectivity index (χ0n) is 11.4. The lowest BCUT2D eigenvalue weighted by atomic mass is 10.2. The third kappa shape index (κ3) is 3.35. The average molecular weight is 283 g/mol. The number of halogens is 1. The lowest BCUT2D eigenvalue weighted by Crippen LogP contribution is -2.29. The van der Waals surface area contributed by atoms with Gasteiger partial charge in [-0.15, -0.1) is 10.2 Å². The van der Waals surface area contributed by atoms with Crippen LogP contribution in [0, 0.1) is 13.8 Å². The molecule has 1 aliphatic heterocycles. The van der Waals surface area contributed by atoms with Crippen molar-refractivity contribution >= 4 is 23.3 Å². The molecule has 1 aliphatic rings. The average Bonchev–Trinajstić information content (AvgIpc) is 2.92. The van der Waals surface area contributed by atoms with Crippen LogP contribution in [0.15, 0.2) is 0 Å². The molecular formula is C13H19ClN4O. The molecule has 0 atom stereocenters. The summed E-state index contributed by atoms with van der Waals surface area (Å²) in [6.45, 7) is 6.23. The Labute approximate surface area is 118 Å². The normalized spacial score (nSPS) is 14.8. The summed E-state index contributed by atoms with van der Waals surface area (Å²) in [5.74, 6) is 0.914. The first kappa shape index (κ1) is 14.1. The Bertz CT molecular complexity index is 472. The summed E-state index contributed by atoms with van der Waals surface area (Å²) >= 11 is 5.89. The van der Waals surface area contributed by atoms with Crippen molar-refractivity contribution in [2.75, 3.05) is 25.0 Å². The summed E-state index contributed by atoms with van der Waals surface area (Å²) in [6.07, 6.45) is 2.74. The summed E-state index contributed by atoms with van der Waals surface area (Å²) in [5.41, 5.74) is 1.90. The monoisotopic (exact) mass is 282 g/mol. The number of hydrogen-bond acceptors (Lipinski definition) is 4. The molecule has 2 heterocycles. The molecule has 0 unspecified atom stereocenters. The number of rotatable bonds is 4. The SMILES string of the molecule is Cc1c(Cl)nnc(NCCC(=O)N2CCCC2)c1C. The van der Waals surface area contributed by atoms with Crippen molar-refractivity contribution in [3.05, 3.63) is 16.3 Å². The number of anilines is 1. The number of carbonyl (C=O) groups is 1. The predicted molar refractivity (Wildman–Crippen MR) is 75.4 cm³/mol. The zero-order valence-corrected chi connectivity index (χ0v) is 12.1. The quantitative estimate of drug-likeness (QED) is 0.919. The van der Waals surface area contributed by atoms with Gasteiger partial charge in [0.15, 0.2) is 11.0 Å². The van der Waals surface area contributed by atoms with Gasteiger partial charge in [-0.25, -0.2) is 0 Å². The number of nitrogens with one attached hydrogen (secondary N) is 1. The molecule has 0 aliphatic carbocycles. The van der Waals surface area contributed by atoms with Crippen LogP contribution in [0.1, 0.15) is 30.4 Å². The molecule has 2 rings (SSSR count). The Kier molecular flexibility index (Phi) is 4.58. The van der Waals surface area contributed by atoms with Crippen molar-refractivity contribution in [2.45, 2.75) is 33.1 Å². The van der Waals surface area contributed by atoms with E-state index >= 15 is 0 Å². The van der Waals surface area contributed by atoms with Crippen LogP contribution in [0.3, 0.4) is 0 Å². The van der Waals surface area contributed by atoms with Gasteiger partial charge in [0.25, 0.3) is 0 Å². The molecular weight excluding hydrogens is 264 g/mol.